The van der Waals surface area contributed by atoms with Crippen molar-refractivity contribution < 1.29 is 9.80 Å². The number of hydrogen-bond donors (Lipinski definition) is 2. The highest BCUT2D eigenvalue weighted by atomic mass is 35.5. The number of nitrogens with one attached hydrogen (secondary N) is 2. The fourth-order valence-corrected chi connectivity index (χ4v) is 3.09. The normalized spacial score (nSPS) is 22.1. The second-order valence-electron chi connectivity index (χ2n) is 5.80. The van der Waals surface area contributed by atoms with E-state index in [1.807, 2.05) is 24.4 Å². The second-order valence-corrected chi connectivity index (χ2v) is 6.24. The lowest BCUT2D eigenvalue weighted by Crippen LogP contribution is -3.27. The van der Waals surface area contributed by atoms with E-state index >= 15 is 0 Å². The minimum Gasteiger partial charge on any atom is -0.322 e. The molecule has 0 radical (unpaired) electrons. The van der Waals surface area contributed by atoms with Crippen LogP contribution in [0.3, 0.4) is 0 Å². The molecule has 3 nitrogen and oxygen atoms in total. The zero-order valence-corrected chi connectivity index (χ0v) is 12.9. The summed E-state index contributed by atoms with van der Waals surface area (Å²) in [7, 11) is 0. The van der Waals surface area contributed by atoms with Gasteiger partial charge >= 0.3 is 0 Å². The Bertz CT molecular complexity index is 548. The number of pyridine rings is 1. The van der Waals surface area contributed by atoms with Gasteiger partial charge in [0.25, 0.3) is 0 Å². The van der Waals surface area contributed by atoms with E-state index < -0.39 is 0 Å². The Labute approximate surface area is 131 Å². The predicted molar refractivity (Wildman–Crippen MR) is 84.5 cm³/mol. The fraction of sp³-hybridized carbons (Fsp3) is 0.353. The van der Waals surface area contributed by atoms with E-state index in [1.165, 1.54) is 37.4 Å². The Balaban J connectivity index is 1.47. The van der Waals surface area contributed by atoms with Crippen molar-refractivity contribution in [3.05, 3.63) is 64.9 Å². The van der Waals surface area contributed by atoms with Crippen LogP contribution in [0.2, 0.25) is 5.02 Å². The monoisotopic (exact) mass is 303 g/mol. The molecule has 1 aromatic heterocycles. The highest BCUT2D eigenvalue weighted by Crippen LogP contribution is 2.08. The molecule has 1 aromatic carbocycles. The summed E-state index contributed by atoms with van der Waals surface area (Å²) in [6, 6.07) is 14.4. The molecule has 3 rings (SSSR count). The summed E-state index contributed by atoms with van der Waals surface area (Å²) in [5.74, 6) is 0. The summed E-state index contributed by atoms with van der Waals surface area (Å²) in [6.45, 7) is 7.05. The van der Waals surface area contributed by atoms with Gasteiger partial charge in [-0.2, -0.15) is 0 Å². The quantitative estimate of drug-likeness (QED) is 0.829. The van der Waals surface area contributed by atoms with Crippen molar-refractivity contribution in [1.29, 1.82) is 0 Å². The van der Waals surface area contributed by atoms with E-state index in [0.717, 1.165) is 18.1 Å². The van der Waals surface area contributed by atoms with Crippen molar-refractivity contribution in [1.82, 2.24) is 4.98 Å². The molecule has 2 aromatic rings. The predicted octanol–water partition coefficient (Wildman–Crippen LogP) is 0.219. The molecule has 1 aliphatic rings. The first kappa shape index (κ1) is 14.5. The molecule has 1 saturated heterocycles. The molecule has 110 valence electrons. The molecule has 2 N–H and O–H groups in total. The molecule has 1 fully saturated rings. The Hall–Kier alpha value is -1.42. The van der Waals surface area contributed by atoms with Gasteiger partial charge in [0.15, 0.2) is 0 Å². The van der Waals surface area contributed by atoms with Crippen LogP contribution in [0, 0.1) is 0 Å². The van der Waals surface area contributed by atoms with E-state index in [2.05, 4.69) is 29.2 Å². The second kappa shape index (κ2) is 7.03. The minimum atomic E-state index is 0.818. The topological polar surface area (TPSA) is 21.8 Å². The number of benzene rings is 1. The summed E-state index contributed by atoms with van der Waals surface area (Å²) in [6.07, 6.45) is 1.89. The maximum Gasteiger partial charge on any atom is 0.127 e. The Kier molecular flexibility index (Phi) is 4.86. The maximum atomic E-state index is 5.93. The van der Waals surface area contributed by atoms with Crippen LogP contribution in [0.4, 0.5) is 0 Å². The zero-order chi connectivity index (χ0) is 14.5. The summed E-state index contributed by atoms with van der Waals surface area (Å²) in [5, 5.41) is 0.818. The molecule has 0 saturated carbocycles. The van der Waals surface area contributed by atoms with Crippen molar-refractivity contribution in [2.75, 3.05) is 26.2 Å². The van der Waals surface area contributed by atoms with Gasteiger partial charge in [0, 0.05) is 16.8 Å². The van der Waals surface area contributed by atoms with Crippen molar-refractivity contribution in [3.63, 3.8) is 0 Å². The van der Waals surface area contributed by atoms with E-state index in [1.54, 1.807) is 9.80 Å². The Morgan fingerprint density at radius 2 is 1.52 bits per heavy atom. The van der Waals surface area contributed by atoms with Crippen LogP contribution >= 0.6 is 11.6 Å². The zero-order valence-electron chi connectivity index (χ0n) is 12.2. The number of rotatable bonds is 4. The Morgan fingerprint density at radius 1 is 0.857 bits per heavy atom. The summed E-state index contributed by atoms with van der Waals surface area (Å²) in [5.41, 5.74) is 2.58. The number of nitrogens with zero attached hydrogens (tertiary/aromatic N) is 1. The van der Waals surface area contributed by atoms with E-state index in [0.29, 0.717) is 0 Å². The van der Waals surface area contributed by atoms with Crippen molar-refractivity contribution in [3.8, 4) is 0 Å². The largest absolute Gasteiger partial charge is 0.322 e. The molecule has 0 amide bonds. The third-order valence-electron chi connectivity index (χ3n) is 4.19. The van der Waals surface area contributed by atoms with E-state index in [9.17, 15) is 0 Å². The van der Waals surface area contributed by atoms with Crippen LogP contribution in [0.15, 0.2) is 48.7 Å². The molecule has 0 aliphatic carbocycles. The van der Waals surface area contributed by atoms with Gasteiger partial charge in [-0.3, -0.25) is 4.98 Å². The van der Waals surface area contributed by atoms with Crippen LogP contribution < -0.4 is 9.80 Å². The lowest BCUT2D eigenvalue weighted by molar-refractivity contribution is -1.02. The smallest absolute Gasteiger partial charge is 0.127 e. The standard InChI is InChI=1S/C17H20ClN3/c18-16-6-4-15(5-7-16)13-20-9-11-21(12-10-20)14-17-3-1-2-8-19-17/h1-8H,9-14H2/p+2. The van der Waals surface area contributed by atoms with Crippen molar-refractivity contribution in [2.45, 2.75) is 13.1 Å². The van der Waals surface area contributed by atoms with Crippen LogP contribution in [0.1, 0.15) is 11.3 Å². The van der Waals surface area contributed by atoms with Crippen LogP contribution in [-0.2, 0) is 13.1 Å². The van der Waals surface area contributed by atoms with Gasteiger partial charge in [0.05, 0.1) is 5.69 Å². The van der Waals surface area contributed by atoms with E-state index in [-0.39, 0.29) is 0 Å². The number of hydrogen-bond acceptors (Lipinski definition) is 1. The molecule has 21 heavy (non-hydrogen) atoms. The Morgan fingerprint density at radius 3 is 2.14 bits per heavy atom. The van der Waals surface area contributed by atoms with Crippen molar-refractivity contribution in [2.24, 2.45) is 0 Å². The van der Waals surface area contributed by atoms with Crippen LogP contribution in [0.5, 0.6) is 0 Å². The average Bonchev–Trinajstić information content (AvgIpc) is 2.53. The highest BCUT2D eigenvalue weighted by Gasteiger charge is 2.23. The molecule has 0 unspecified atom stereocenters. The number of quaternary nitrogens is 2. The van der Waals surface area contributed by atoms with Crippen molar-refractivity contribution >= 4 is 11.6 Å². The van der Waals surface area contributed by atoms with Gasteiger partial charge in [0.2, 0.25) is 0 Å². The summed E-state index contributed by atoms with van der Waals surface area (Å²) >= 11 is 5.93. The van der Waals surface area contributed by atoms with Gasteiger partial charge in [-0.05, 0) is 24.3 Å². The van der Waals surface area contributed by atoms with E-state index in [4.69, 9.17) is 11.6 Å². The summed E-state index contributed by atoms with van der Waals surface area (Å²) < 4.78 is 0. The van der Waals surface area contributed by atoms with Crippen LogP contribution in [0.25, 0.3) is 0 Å². The molecular formula is C17H22ClN3+2. The lowest BCUT2D eigenvalue weighted by atomic mass is 10.2. The minimum absolute atomic E-state index is 0.818. The molecule has 0 atom stereocenters. The third-order valence-corrected chi connectivity index (χ3v) is 4.44. The fourth-order valence-electron chi connectivity index (χ4n) is 2.96. The van der Waals surface area contributed by atoms with Gasteiger partial charge in [0.1, 0.15) is 39.3 Å². The first-order chi connectivity index (χ1) is 10.3. The molecule has 0 spiro atoms. The first-order valence-electron chi connectivity index (χ1n) is 7.61. The average molecular weight is 304 g/mol. The van der Waals surface area contributed by atoms with Gasteiger partial charge < -0.3 is 9.80 Å². The van der Waals surface area contributed by atoms with Gasteiger partial charge in [-0.1, -0.05) is 29.8 Å². The molecular weight excluding hydrogens is 282 g/mol. The molecule has 0 bridgehead atoms. The molecule has 1 aliphatic heterocycles. The number of halogens is 1. The summed E-state index contributed by atoms with van der Waals surface area (Å²) in [4.78, 5) is 7.74. The molecule has 2 heterocycles. The first-order valence-corrected chi connectivity index (χ1v) is 7.99. The SMILES string of the molecule is Clc1ccc(C[NH+]2CC[NH+](Cc3ccccn3)CC2)cc1. The number of aromatic nitrogens is 1. The van der Waals surface area contributed by atoms with Gasteiger partial charge in [-0.25, -0.2) is 0 Å². The third kappa shape index (κ3) is 4.27. The highest BCUT2D eigenvalue weighted by molar-refractivity contribution is 6.30. The van der Waals surface area contributed by atoms with Gasteiger partial charge in [-0.15, -0.1) is 0 Å². The van der Waals surface area contributed by atoms with Crippen LogP contribution in [-0.4, -0.2) is 31.2 Å². The molecule has 4 heteroatoms. The lowest BCUT2D eigenvalue weighted by Gasteiger charge is -2.29. The number of piperazine rings is 1. The maximum absolute atomic E-state index is 5.93.